The van der Waals surface area contributed by atoms with Gasteiger partial charge in [-0.2, -0.15) is 0 Å². The fourth-order valence-corrected chi connectivity index (χ4v) is 3.81. The maximum atomic E-state index is 15.6. The van der Waals surface area contributed by atoms with Crippen LogP contribution in [0.1, 0.15) is 84.6 Å². The molecule has 0 bridgehead atoms. The quantitative estimate of drug-likeness (QED) is 0.196. The molecule has 0 saturated carbocycles. The molecule has 1 rings (SSSR count). The SMILES string of the molecule is C=C.C=C(C)c1c(N)c(F)c(C(=N)/C(C(C)=C(C)C)=C(C)\C(C)=C/C)c(CC)c1CC. The summed E-state index contributed by atoms with van der Waals surface area (Å²) >= 11 is 0. The highest BCUT2D eigenvalue weighted by Gasteiger charge is 2.26. The second-order valence-electron chi connectivity index (χ2n) is 7.89. The lowest BCUT2D eigenvalue weighted by Gasteiger charge is -2.24. The molecule has 170 valence electrons. The predicted molar refractivity (Wildman–Crippen MR) is 139 cm³/mol. The monoisotopic (exact) mass is 424 g/mol. The molecule has 3 N–H and O–H groups in total. The number of nitrogens with one attached hydrogen (secondary N) is 1. The van der Waals surface area contributed by atoms with Crippen LogP contribution in [0.5, 0.6) is 0 Å². The largest absolute Gasteiger partial charge is 0.396 e. The first-order valence-electron chi connectivity index (χ1n) is 10.8. The fraction of sp³-hybridized carbons (Fsp3) is 0.393. The summed E-state index contributed by atoms with van der Waals surface area (Å²) in [5, 5.41) is 9.10. The first kappa shape index (κ1) is 28.3. The van der Waals surface area contributed by atoms with E-state index in [9.17, 15) is 0 Å². The van der Waals surface area contributed by atoms with Gasteiger partial charge >= 0.3 is 0 Å². The van der Waals surface area contributed by atoms with E-state index in [1.54, 1.807) is 0 Å². The van der Waals surface area contributed by atoms with Crippen molar-refractivity contribution in [3.63, 3.8) is 0 Å². The average molecular weight is 425 g/mol. The van der Waals surface area contributed by atoms with E-state index < -0.39 is 5.82 Å². The second kappa shape index (κ2) is 12.2. The van der Waals surface area contributed by atoms with Gasteiger partial charge in [0.05, 0.1) is 11.4 Å². The molecule has 0 aromatic heterocycles. The number of nitrogen functional groups attached to an aromatic ring is 1. The van der Waals surface area contributed by atoms with Crippen LogP contribution in [0.3, 0.4) is 0 Å². The fourth-order valence-electron chi connectivity index (χ4n) is 3.81. The van der Waals surface area contributed by atoms with Crippen molar-refractivity contribution in [3.8, 4) is 0 Å². The van der Waals surface area contributed by atoms with Crippen molar-refractivity contribution in [1.82, 2.24) is 0 Å². The van der Waals surface area contributed by atoms with Gasteiger partial charge in [0.15, 0.2) is 5.82 Å². The number of halogens is 1. The van der Waals surface area contributed by atoms with Crippen LogP contribution in [0.25, 0.3) is 5.57 Å². The average Bonchev–Trinajstić information content (AvgIpc) is 2.74. The third-order valence-electron chi connectivity index (χ3n) is 5.85. The number of allylic oxidation sites excluding steroid dienone is 7. The van der Waals surface area contributed by atoms with Crippen LogP contribution in [0.15, 0.2) is 53.7 Å². The van der Waals surface area contributed by atoms with Gasteiger partial charge in [-0.3, -0.25) is 5.41 Å². The van der Waals surface area contributed by atoms with E-state index in [2.05, 4.69) is 19.7 Å². The summed E-state index contributed by atoms with van der Waals surface area (Å²) in [4.78, 5) is 0. The minimum absolute atomic E-state index is 0.0981. The zero-order valence-corrected chi connectivity index (χ0v) is 21.1. The first-order chi connectivity index (χ1) is 14.5. The zero-order valence-electron chi connectivity index (χ0n) is 21.1. The molecule has 0 aliphatic rings. The summed E-state index contributed by atoms with van der Waals surface area (Å²) < 4.78 is 15.6. The van der Waals surface area contributed by atoms with Crippen molar-refractivity contribution < 1.29 is 4.39 Å². The lowest BCUT2D eigenvalue weighted by molar-refractivity contribution is 0.626. The van der Waals surface area contributed by atoms with Crippen molar-refractivity contribution in [2.24, 2.45) is 0 Å². The zero-order chi connectivity index (χ0) is 24.6. The molecule has 0 unspecified atom stereocenters. The van der Waals surface area contributed by atoms with E-state index in [0.29, 0.717) is 24.0 Å². The third-order valence-corrected chi connectivity index (χ3v) is 5.85. The van der Waals surface area contributed by atoms with E-state index in [4.69, 9.17) is 11.1 Å². The van der Waals surface area contributed by atoms with Gasteiger partial charge < -0.3 is 5.73 Å². The molecular formula is C28H41FN2. The normalized spacial score (nSPS) is 11.9. The van der Waals surface area contributed by atoms with E-state index in [1.165, 1.54) is 0 Å². The van der Waals surface area contributed by atoms with Gasteiger partial charge in [0, 0.05) is 16.7 Å². The van der Waals surface area contributed by atoms with Gasteiger partial charge in [-0.05, 0) is 89.2 Å². The number of hydrogen-bond donors (Lipinski definition) is 2. The molecule has 0 aliphatic carbocycles. The minimum atomic E-state index is -0.507. The third kappa shape index (κ3) is 5.72. The summed E-state index contributed by atoms with van der Waals surface area (Å²) in [5.41, 5.74) is 15.1. The topological polar surface area (TPSA) is 49.9 Å². The number of rotatable bonds is 7. The summed E-state index contributed by atoms with van der Waals surface area (Å²) in [7, 11) is 0. The molecule has 0 heterocycles. The molecule has 2 nitrogen and oxygen atoms in total. The lowest BCUT2D eigenvalue weighted by atomic mass is 9.81. The Hall–Kier alpha value is -2.68. The molecule has 0 spiro atoms. The maximum Gasteiger partial charge on any atom is 0.156 e. The van der Waals surface area contributed by atoms with Crippen LogP contribution < -0.4 is 5.73 Å². The Morgan fingerprint density at radius 1 is 0.935 bits per heavy atom. The molecule has 1 aromatic rings. The molecule has 0 saturated heterocycles. The molecule has 3 heteroatoms. The van der Waals surface area contributed by atoms with Gasteiger partial charge in [0.25, 0.3) is 0 Å². The molecule has 0 fully saturated rings. The van der Waals surface area contributed by atoms with Crippen LogP contribution in [0.2, 0.25) is 0 Å². The highest BCUT2D eigenvalue weighted by molar-refractivity contribution is 6.16. The van der Waals surface area contributed by atoms with Gasteiger partial charge in [-0.25, -0.2) is 4.39 Å². The van der Waals surface area contributed by atoms with Crippen LogP contribution in [-0.2, 0) is 12.8 Å². The van der Waals surface area contributed by atoms with Crippen molar-refractivity contribution in [3.05, 3.63) is 81.7 Å². The minimum Gasteiger partial charge on any atom is -0.396 e. The predicted octanol–water partition coefficient (Wildman–Crippen LogP) is 8.37. The van der Waals surface area contributed by atoms with Crippen LogP contribution in [-0.4, -0.2) is 5.71 Å². The van der Waals surface area contributed by atoms with E-state index in [1.807, 2.05) is 68.4 Å². The second-order valence-corrected chi connectivity index (χ2v) is 7.89. The van der Waals surface area contributed by atoms with Crippen LogP contribution >= 0.6 is 0 Å². The number of hydrogen-bond acceptors (Lipinski definition) is 2. The molecule has 0 aliphatic heterocycles. The summed E-state index contributed by atoms with van der Waals surface area (Å²) in [6, 6.07) is 0. The Morgan fingerprint density at radius 3 is 1.74 bits per heavy atom. The number of benzene rings is 1. The Morgan fingerprint density at radius 2 is 1.39 bits per heavy atom. The maximum absolute atomic E-state index is 15.6. The molecule has 0 atom stereocenters. The number of nitrogens with two attached hydrogens (primary N) is 1. The molecule has 0 amide bonds. The molecule has 1 aromatic carbocycles. The van der Waals surface area contributed by atoms with E-state index >= 15 is 4.39 Å². The van der Waals surface area contributed by atoms with Gasteiger partial charge in [-0.15, -0.1) is 13.2 Å². The van der Waals surface area contributed by atoms with E-state index in [-0.39, 0.29) is 11.4 Å². The lowest BCUT2D eigenvalue weighted by Crippen LogP contribution is -2.18. The van der Waals surface area contributed by atoms with Crippen molar-refractivity contribution in [2.75, 3.05) is 5.73 Å². The van der Waals surface area contributed by atoms with Crippen molar-refractivity contribution in [1.29, 1.82) is 5.41 Å². The summed E-state index contributed by atoms with van der Waals surface area (Å²) in [5.74, 6) is -0.507. The van der Waals surface area contributed by atoms with Crippen molar-refractivity contribution in [2.45, 2.75) is 75.2 Å². The number of anilines is 1. The summed E-state index contributed by atoms with van der Waals surface area (Å²) in [6.07, 6.45) is 3.36. The first-order valence-corrected chi connectivity index (χ1v) is 10.8. The Labute approximate surface area is 189 Å². The highest BCUT2D eigenvalue weighted by atomic mass is 19.1. The van der Waals surface area contributed by atoms with Crippen LogP contribution in [0.4, 0.5) is 10.1 Å². The molecule has 0 radical (unpaired) electrons. The van der Waals surface area contributed by atoms with E-state index in [0.717, 1.165) is 44.6 Å². The Kier molecular flexibility index (Phi) is 11.2. The van der Waals surface area contributed by atoms with Crippen molar-refractivity contribution >= 4 is 17.0 Å². The molecular weight excluding hydrogens is 383 g/mol. The van der Waals surface area contributed by atoms with Gasteiger partial charge in [0.2, 0.25) is 0 Å². The van der Waals surface area contributed by atoms with Gasteiger partial charge in [-0.1, -0.05) is 37.6 Å². The standard InChI is InChI=1S/C26H37FN2.C2H4/c1-11-16(8)18(10)22(17(9)14(4)5)25(28)23-20(13-3)19(12-2)21(15(6)7)26(29)24(23)27;1-2/h11,28H,6,12-13,29H2,1-5,7-10H3;1-2H2/b16-11-,22-18-,28-25?;. The van der Waals surface area contributed by atoms with Gasteiger partial charge in [0.1, 0.15) is 0 Å². The highest BCUT2D eigenvalue weighted by Crippen LogP contribution is 2.37. The van der Waals surface area contributed by atoms with Crippen LogP contribution in [0, 0.1) is 11.2 Å². The Balaban J connectivity index is 0.00000436. The Bertz CT molecular complexity index is 952. The summed E-state index contributed by atoms with van der Waals surface area (Å²) in [6.45, 7) is 28.0. The smallest absolute Gasteiger partial charge is 0.156 e. The molecule has 31 heavy (non-hydrogen) atoms.